The molecular weight excluding hydrogens is 354 g/mol. The van der Waals surface area contributed by atoms with Crippen LogP contribution >= 0.6 is 11.6 Å². The molecule has 0 heterocycles. The van der Waals surface area contributed by atoms with Crippen LogP contribution in [0.4, 0.5) is 0 Å². The Morgan fingerprint density at radius 2 is 1.33 bits per heavy atom. The first-order valence-electron chi connectivity index (χ1n) is 9.11. The molecule has 0 amide bonds. The number of nitrogens with one attached hydrogen (secondary N) is 1. The quantitative estimate of drug-likeness (QED) is 0.318. The molecule has 3 rings (SSSR count). The minimum absolute atomic E-state index is 0.439. The number of benzene rings is 3. The summed E-state index contributed by atoms with van der Waals surface area (Å²) in [5.74, 6) is 1.31. The van der Waals surface area contributed by atoms with Gasteiger partial charge in [0, 0.05) is 12.4 Å². The second-order valence-corrected chi connectivity index (χ2v) is 6.46. The molecule has 3 aromatic carbocycles. The van der Waals surface area contributed by atoms with Crippen LogP contribution in [0.5, 0.6) is 5.75 Å². The van der Waals surface area contributed by atoms with E-state index in [1.54, 1.807) is 0 Å². The molecule has 138 valence electrons. The van der Waals surface area contributed by atoms with Crippen LogP contribution in [0, 0.1) is 0 Å². The van der Waals surface area contributed by atoms with E-state index in [1.807, 2.05) is 43.4 Å². The summed E-state index contributed by atoms with van der Waals surface area (Å²) in [4.78, 5) is 0. The fourth-order valence-electron chi connectivity index (χ4n) is 3.04. The maximum Gasteiger partial charge on any atom is 0.119 e. The molecule has 27 heavy (non-hydrogen) atoms. The van der Waals surface area contributed by atoms with Crippen LogP contribution in [0.15, 0.2) is 84.9 Å². The first-order chi connectivity index (χ1) is 13.3. The van der Waals surface area contributed by atoms with Crippen molar-refractivity contribution in [3.8, 4) is 5.75 Å². The highest BCUT2D eigenvalue weighted by Crippen LogP contribution is 2.33. The predicted octanol–water partition coefficient (Wildman–Crippen LogP) is 5.48. The molecule has 0 aliphatic rings. The van der Waals surface area contributed by atoms with E-state index in [4.69, 9.17) is 16.3 Å². The normalized spacial score (nSPS) is 11.8. The maximum atomic E-state index is 6.42. The lowest BCUT2D eigenvalue weighted by molar-refractivity contribution is 0.318. The molecular formula is C24H24ClNO. The number of hydrogen-bond donors (Lipinski definition) is 1. The number of alkyl halides is 1. The van der Waals surface area contributed by atoms with Crippen molar-refractivity contribution in [3.05, 3.63) is 102 Å². The van der Waals surface area contributed by atoms with E-state index in [0.717, 1.165) is 40.1 Å². The highest BCUT2D eigenvalue weighted by atomic mass is 35.5. The van der Waals surface area contributed by atoms with E-state index in [-0.39, 0.29) is 0 Å². The van der Waals surface area contributed by atoms with Gasteiger partial charge in [0.1, 0.15) is 12.4 Å². The number of likely N-dealkylation sites (N-methyl/N-ethyl adjacent to an activating group) is 1. The Balaban J connectivity index is 2.04. The second kappa shape index (κ2) is 9.96. The summed E-state index contributed by atoms with van der Waals surface area (Å²) in [7, 11) is 1.92. The molecule has 0 unspecified atom stereocenters. The van der Waals surface area contributed by atoms with E-state index in [9.17, 15) is 0 Å². The monoisotopic (exact) mass is 377 g/mol. The van der Waals surface area contributed by atoms with Gasteiger partial charge >= 0.3 is 0 Å². The third-order valence-corrected chi connectivity index (χ3v) is 4.65. The van der Waals surface area contributed by atoms with Crippen molar-refractivity contribution in [3.63, 3.8) is 0 Å². The molecule has 0 aromatic heterocycles. The van der Waals surface area contributed by atoms with Gasteiger partial charge in [-0.15, -0.1) is 11.6 Å². The Hall–Kier alpha value is -2.55. The summed E-state index contributed by atoms with van der Waals surface area (Å²) in [6.45, 7) is 1.47. The van der Waals surface area contributed by atoms with Gasteiger partial charge < -0.3 is 10.1 Å². The summed E-state index contributed by atoms with van der Waals surface area (Å²) in [6.07, 6.45) is 0. The van der Waals surface area contributed by atoms with Crippen molar-refractivity contribution in [2.24, 2.45) is 0 Å². The zero-order valence-corrected chi connectivity index (χ0v) is 16.2. The number of ether oxygens (including phenoxy) is 1. The van der Waals surface area contributed by atoms with Gasteiger partial charge in [0.2, 0.25) is 0 Å². The molecule has 0 aliphatic heterocycles. The summed E-state index contributed by atoms with van der Waals surface area (Å²) >= 11 is 6.42. The molecule has 1 N–H and O–H groups in total. The average Bonchev–Trinajstić information content (AvgIpc) is 2.74. The van der Waals surface area contributed by atoms with Gasteiger partial charge in [-0.2, -0.15) is 0 Å². The maximum absolute atomic E-state index is 6.42. The highest BCUT2D eigenvalue weighted by Gasteiger charge is 2.13. The molecule has 0 aliphatic carbocycles. The van der Waals surface area contributed by atoms with E-state index in [0.29, 0.717) is 12.5 Å². The summed E-state index contributed by atoms with van der Waals surface area (Å²) < 4.78 is 5.75. The zero-order valence-electron chi connectivity index (χ0n) is 15.5. The first-order valence-corrected chi connectivity index (χ1v) is 9.64. The fourth-order valence-corrected chi connectivity index (χ4v) is 3.32. The minimum atomic E-state index is 0.439. The van der Waals surface area contributed by atoms with Gasteiger partial charge in [-0.3, -0.25) is 0 Å². The molecule has 3 heteroatoms. The van der Waals surface area contributed by atoms with Gasteiger partial charge in [-0.05, 0) is 47.0 Å². The first kappa shape index (κ1) is 19.2. The van der Waals surface area contributed by atoms with Gasteiger partial charge in [0.25, 0.3) is 0 Å². The molecule has 0 radical (unpaired) electrons. The lowest BCUT2D eigenvalue weighted by Gasteiger charge is -2.16. The van der Waals surface area contributed by atoms with Crippen LogP contribution in [0.2, 0.25) is 0 Å². The number of allylic oxidation sites excluding steroid dienone is 1. The fraction of sp³-hybridized carbons (Fsp3) is 0.167. The highest BCUT2D eigenvalue weighted by molar-refractivity contribution is 6.25. The Kier molecular flexibility index (Phi) is 7.09. The van der Waals surface area contributed by atoms with E-state index in [1.165, 1.54) is 0 Å². The second-order valence-electron chi connectivity index (χ2n) is 6.20. The Morgan fingerprint density at radius 1 is 0.778 bits per heavy atom. The largest absolute Gasteiger partial charge is 0.492 e. The topological polar surface area (TPSA) is 21.3 Å². The van der Waals surface area contributed by atoms with Crippen molar-refractivity contribution >= 4 is 22.7 Å². The van der Waals surface area contributed by atoms with Gasteiger partial charge in [0.05, 0.1) is 0 Å². The van der Waals surface area contributed by atoms with Crippen molar-refractivity contribution < 1.29 is 4.74 Å². The van der Waals surface area contributed by atoms with E-state index in [2.05, 4.69) is 53.8 Å². The third kappa shape index (κ3) is 5.00. The van der Waals surface area contributed by atoms with Crippen molar-refractivity contribution in [1.82, 2.24) is 5.32 Å². The average molecular weight is 378 g/mol. The summed E-state index contributed by atoms with van der Waals surface area (Å²) in [5.41, 5.74) is 5.69. The van der Waals surface area contributed by atoms with Crippen LogP contribution in [0.3, 0.4) is 0 Å². The lowest BCUT2D eigenvalue weighted by Crippen LogP contribution is -2.15. The lowest BCUT2D eigenvalue weighted by atomic mass is 9.90. The van der Waals surface area contributed by atoms with Crippen molar-refractivity contribution in [2.45, 2.75) is 0 Å². The van der Waals surface area contributed by atoms with Crippen molar-refractivity contribution in [1.29, 1.82) is 0 Å². The number of rotatable bonds is 8. The van der Waals surface area contributed by atoms with Crippen LogP contribution < -0.4 is 10.1 Å². The molecule has 2 nitrogen and oxygen atoms in total. The SMILES string of the molecule is CNCCOc1ccc(/C(=C(/CCl)c2ccccc2)c2ccccc2)cc1. The summed E-state index contributed by atoms with van der Waals surface area (Å²) in [5, 5.41) is 3.08. The molecule has 0 saturated carbocycles. The molecule has 0 bridgehead atoms. The summed E-state index contributed by atoms with van der Waals surface area (Å²) in [6, 6.07) is 29.0. The predicted molar refractivity (Wildman–Crippen MR) is 115 cm³/mol. The van der Waals surface area contributed by atoms with Crippen molar-refractivity contribution in [2.75, 3.05) is 26.1 Å². The van der Waals surface area contributed by atoms with Crippen LogP contribution in [0.1, 0.15) is 16.7 Å². The number of halogens is 1. The Morgan fingerprint density at radius 3 is 1.89 bits per heavy atom. The third-order valence-electron chi connectivity index (χ3n) is 4.38. The van der Waals surface area contributed by atoms with Gasteiger partial charge in [0.15, 0.2) is 0 Å². The standard InChI is InChI=1S/C24H24ClNO/c1-26-16-17-27-22-14-12-21(13-15-22)24(20-10-6-3-7-11-20)23(18-25)19-8-4-2-5-9-19/h2-15,26H,16-18H2,1H3/b24-23-. The van der Waals surface area contributed by atoms with E-state index < -0.39 is 0 Å². The van der Waals surface area contributed by atoms with Crippen LogP contribution in [-0.4, -0.2) is 26.1 Å². The van der Waals surface area contributed by atoms with Crippen LogP contribution in [-0.2, 0) is 0 Å². The smallest absolute Gasteiger partial charge is 0.119 e. The molecule has 3 aromatic rings. The van der Waals surface area contributed by atoms with E-state index >= 15 is 0 Å². The Labute approximate surface area is 166 Å². The molecule has 0 atom stereocenters. The Bertz CT molecular complexity index is 858. The minimum Gasteiger partial charge on any atom is -0.492 e. The van der Waals surface area contributed by atoms with Gasteiger partial charge in [-0.25, -0.2) is 0 Å². The molecule has 0 spiro atoms. The molecule has 0 fully saturated rings. The van der Waals surface area contributed by atoms with Gasteiger partial charge in [-0.1, -0.05) is 72.8 Å². The number of hydrogen-bond acceptors (Lipinski definition) is 2. The zero-order chi connectivity index (χ0) is 18.9. The van der Waals surface area contributed by atoms with Crippen LogP contribution in [0.25, 0.3) is 11.1 Å². The molecule has 0 saturated heterocycles.